The molecule has 142 valence electrons. The number of aromatic nitrogens is 1. The van der Waals surface area contributed by atoms with Crippen molar-refractivity contribution in [2.75, 3.05) is 19.0 Å². The minimum absolute atomic E-state index is 0.0917. The minimum Gasteiger partial charge on any atom is -0.497 e. The second kappa shape index (κ2) is 9.24. The summed E-state index contributed by atoms with van der Waals surface area (Å²) < 4.78 is 7.17. The highest BCUT2D eigenvalue weighted by molar-refractivity contribution is 5.99. The minimum atomic E-state index is -0.257. The maximum atomic E-state index is 12.0. The zero-order valence-corrected chi connectivity index (χ0v) is 15.6. The lowest BCUT2D eigenvalue weighted by Crippen LogP contribution is -2.25. The van der Waals surface area contributed by atoms with Crippen molar-refractivity contribution in [2.24, 2.45) is 5.10 Å². The molecule has 1 heterocycles. The van der Waals surface area contributed by atoms with Crippen molar-refractivity contribution in [1.29, 1.82) is 5.26 Å². The average Bonchev–Trinajstić information content (AvgIpc) is 3.08. The average molecular weight is 375 g/mol. The Morgan fingerprint density at radius 2 is 2.14 bits per heavy atom. The number of benzene rings is 2. The molecule has 7 nitrogen and oxygen atoms in total. The van der Waals surface area contributed by atoms with Gasteiger partial charge in [0.1, 0.15) is 5.75 Å². The van der Waals surface area contributed by atoms with Gasteiger partial charge >= 0.3 is 0 Å². The summed E-state index contributed by atoms with van der Waals surface area (Å²) >= 11 is 0. The number of para-hydroxylation sites is 1. The van der Waals surface area contributed by atoms with Crippen LogP contribution in [0.25, 0.3) is 10.9 Å². The topological polar surface area (TPSA) is 91.4 Å². The van der Waals surface area contributed by atoms with E-state index in [1.54, 1.807) is 13.3 Å². The summed E-state index contributed by atoms with van der Waals surface area (Å²) in [6.07, 6.45) is 3.99. The largest absolute Gasteiger partial charge is 0.497 e. The van der Waals surface area contributed by atoms with Gasteiger partial charge in [0.2, 0.25) is 0 Å². The van der Waals surface area contributed by atoms with Gasteiger partial charge < -0.3 is 14.6 Å². The van der Waals surface area contributed by atoms with E-state index < -0.39 is 0 Å². The van der Waals surface area contributed by atoms with Crippen LogP contribution in [-0.4, -0.2) is 30.3 Å². The Kier molecular flexibility index (Phi) is 6.26. The van der Waals surface area contributed by atoms with Crippen molar-refractivity contribution >= 4 is 28.7 Å². The van der Waals surface area contributed by atoms with Gasteiger partial charge in [-0.2, -0.15) is 10.4 Å². The lowest BCUT2D eigenvalue weighted by atomic mass is 10.2. The van der Waals surface area contributed by atoms with Crippen molar-refractivity contribution in [3.63, 3.8) is 0 Å². The van der Waals surface area contributed by atoms with Gasteiger partial charge in [-0.05, 0) is 18.2 Å². The molecule has 1 amide bonds. The number of fused-ring (bicyclic) bond motifs is 1. The van der Waals surface area contributed by atoms with Crippen LogP contribution in [0.4, 0.5) is 5.69 Å². The molecule has 3 rings (SSSR count). The first-order valence-corrected chi connectivity index (χ1v) is 8.86. The van der Waals surface area contributed by atoms with Gasteiger partial charge in [0, 0.05) is 41.0 Å². The fourth-order valence-electron chi connectivity index (χ4n) is 2.86. The van der Waals surface area contributed by atoms with Gasteiger partial charge in [-0.3, -0.25) is 4.79 Å². The Morgan fingerprint density at radius 1 is 1.29 bits per heavy atom. The van der Waals surface area contributed by atoms with Crippen LogP contribution in [0.5, 0.6) is 5.75 Å². The molecule has 0 saturated carbocycles. The molecular weight excluding hydrogens is 354 g/mol. The Balaban J connectivity index is 1.61. The highest BCUT2D eigenvalue weighted by Gasteiger charge is 2.06. The predicted molar refractivity (Wildman–Crippen MR) is 109 cm³/mol. The number of amides is 1. The number of nitrogens with one attached hydrogen (secondary N) is 2. The molecule has 0 unspecified atom stereocenters. The fourth-order valence-corrected chi connectivity index (χ4v) is 2.86. The third-order valence-corrected chi connectivity index (χ3v) is 4.20. The van der Waals surface area contributed by atoms with Crippen LogP contribution in [0.15, 0.2) is 59.8 Å². The molecule has 0 aliphatic rings. The molecule has 1 aromatic heterocycles. The first-order chi connectivity index (χ1) is 13.7. The van der Waals surface area contributed by atoms with Crippen LogP contribution in [0, 0.1) is 11.3 Å². The van der Waals surface area contributed by atoms with E-state index in [1.165, 1.54) is 0 Å². The lowest BCUT2D eigenvalue weighted by Gasteiger charge is -2.06. The Labute approximate surface area is 163 Å². The summed E-state index contributed by atoms with van der Waals surface area (Å²) in [6, 6.07) is 17.4. The quantitative estimate of drug-likeness (QED) is 0.467. The lowest BCUT2D eigenvalue weighted by molar-refractivity contribution is -0.119. The summed E-state index contributed by atoms with van der Waals surface area (Å²) in [7, 11) is 1.60. The molecule has 0 bridgehead atoms. The molecule has 28 heavy (non-hydrogen) atoms. The number of hydrogen-bond donors (Lipinski definition) is 2. The zero-order chi connectivity index (χ0) is 19.8. The SMILES string of the molecule is COc1cccc(NCC(=O)N/N=C\c2cn(CCC#N)c3ccccc23)c1. The van der Waals surface area contributed by atoms with Crippen LogP contribution in [0.3, 0.4) is 0 Å². The molecule has 0 radical (unpaired) electrons. The summed E-state index contributed by atoms with van der Waals surface area (Å²) in [4.78, 5) is 12.0. The number of carbonyl (C=O) groups excluding carboxylic acids is 1. The number of aryl methyl sites for hydroxylation is 1. The van der Waals surface area contributed by atoms with Crippen molar-refractivity contribution in [3.8, 4) is 11.8 Å². The molecule has 2 N–H and O–H groups in total. The molecule has 2 aromatic carbocycles. The van der Waals surface area contributed by atoms with Gasteiger partial charge in [0.25, 0.3) is 5.91 Å². The number of nitrogens with zero attached hydrogens (tertiary/aromatic N) is 3. The van der Waals surface area contributed by atoms with E-state index in [0.29, 0.717) is 13.0 Å². The fraction of sp³-hybridized carbons (Fsp3) is 0.190. The second-order valence-corrected chi connectivity index (χ2v) is 6.08. The van der Waals surface area contributed by atoms with E-state index >= 15 is 0 Å². The molecule has 7 heteroatoms. The van der Waals surface area contributed by atoms with E-state index in [0.717, 1.165) is 27.9 Å². The predicted octanol–water partition coefficient (Wildman–Crippen LogP) is 3.13. The molecule has 0 saturated heterocycles. The number of rotatable bonds is 8. The molecular formula is C21H21N5O2. The highest BCUT2D eigenvalue weighted by Crippen LogP contribution is 2.20. The molecule has 0 aliphatic carbocycles. The van der Waals surface area contributed by atoms with Gasteiger partial charge in [0.05, 0.1) is 32.4 Å². The summed E-state index contributed by atoms with van der Waals surface area (Å²) in [5, 5.41) is 16.9. The van der Waals surface area contributed by atoms with Gasteiger partial charge in [0.15, 0.2) is 0 Å². The summed E-state index contributed by atoms with van der Waals surface area (Å²) in [5.74, 6) is 0.462. The van der Waals surface area contributed by atoms with E-state index in [-0.39, 0.29) is 12.5 Å². The van der Waals surface area contributed by atoms with E-state index in [2.05, 4.69) is 21.9 Å². The number of hydrazone groups is 1. The molecule has 0 aliphatic heterocycles. The number of anilines is 1. The number of nitriles is 1. The number of methoxy groups -OCH3 is 1. The molecule has 0 fully saturated rings. The smallest absolute Gasteiger partial charge is 0.259 e. The maximum absolute atomic E-state index is 12.0. The first kappa shape index (κ1) is 19.0. The number of hydrogen-bond acceptors (Lipinski definition) is 5. The summed E-state index contributed by atoms with van der Waals surface area (Å²) in [6.45, 7) is 0.704. The third-order valence-electron chi connectivity index (χ3n) is 4.20. The van der Waals surface area contributed by atoms with Gasteiger partial charge in [-0.25, -0.2) is 5.43 Å². The first-order valence-electron chi connectivity index (χ1n) is 8.86. The van der Waals surface area contributed by atoms with Crippen molar-refractivity contribution < 1.29 is 9.53 Å². The van der Waals surface area contributed by atoms with Gasteiger partial charge in [-0.1, -0.05) is 24.3 Å². The highest BCUT2D eigenvalue weighted by atomic mass is 16.5. The molecule has 0 atom stereocenters. The monoisotopic (exact) mass is 375 g/mol. The van der Waals surface area contributed by atoms with Crippen molar-refractivity contribution in [1.82, 2.24) is 9.99 Å². The van der Waals surface area contributed by atoms with E-state index in [9.17, 15) is 4.79 Å². The summed E-state index contributed by atoms with van der Waals surface area (Å²) in [5.41, 5.74) is 5.23. The Hall–Kier alpha value is -3.79. The van der Waals surface area contributed by atoms with E-state index in [1.807, 2.05) is 59.3 Å². The Bertz CT molecular complexity index is 1030. The standard InChI is InChI=1S/C21H21N5O2/c1-28-18-7-4-6-17(12-18)23-14-21(27)25-24-13-16-15-26(11-5-10-22)20-9-3-2-8-19(16)20/h2-4,6-9,12-13,15,23H,5,11,14H2,1H3,(H,25,27)/b24-13-. The third kappa shape index (κ3) is 4.68. The molecule has 3 aromatic rings. The van der Waals surface area contributed by atoms with Gasteiger partial charge in [-0.15, -0.1) is 0 Å². The van der Waals surface area contributed by atoms with Crippen LogP contribution < -0.4 is 15.5 Å². The van der Waals surface area contributed by atoms with Crippen LogP contribution in [0.1, 0.15) is 12.0 Å². The Morgan fingerprint density at radius 3 is 2.96 bits per heavy atom. The number of carbonyl (C=O) groups is 1. The van der Waals surface area contributed by atoms with E-state index in [4.69, 9.17) is 10.00 Å². The van der Waals surface area contributed by atoms with Crippen LogP contribution >= 0.6 is 0 Å². The zero-order valence-electron chi connectivity index (χ0n) is 15.6. The normalized spacial score (nSPS) is 10.7. The maximum Gasteiger partial charge on any atom is 0.259 e. The van der Waals surface area contributed by atoms with Crippen molar-refractivity contribution in [2.45, 2.75) is 13.0 Å². The molecule has 0 spiro atoms. The number of ether oxygens (including phenoxy) is 1. The second-order valence-electron chi connectivity index (χ2n) is 6.08. The van der Waals surface area contributed by atoms with Crippen LogP contribution in [-0.2, 0) is 11.3 Å². The van der Waals surface area contributed by atoms with Crippen LogP contribution in [0.2, 0.25) is 0 Å². The van der Waals surface area contributed by atoms with Crippen molar-refractivity contribution in [3.05, 3.63) is 60.3 Å².